The topological polar surface area (TPSA) is 26.3 Å². The van der Waals surface area contributed by atoms with E-state index < -0.39 is 11.8 Å². The van der Waals surface area contributed by atoms with Gasteiger partial charge in [0.1, 0.15) is 0 Å². The standard InChI is InChI=1S/C15H11BCl2O2/c1-9-5-2-3-6-10(9)13(16)15(19)20-14-11(17)7-4-8-12(14)18/h2-8,13H,1H3. The van der Waals surface area contributed by atoms with Gasteiger partial charge in [0.2, 0.25) is 0 Å². The number of hydrogen-bond donors (Lipinski definition) is 0. The molecule has 5 heteroatoms. The van der Waals surface area contributed by atoms with E-state index >= 15 is 0 Å². The number of ether oxygens (including phenoxy) is 1. The van der Waals surface area contributed by atoms with Gasteiger partial charge in [-0.3, -0.25) is 4.79 Å². The molecule has 1 atom stereocenters. The fraction of sp³-hybridized carbons (Fsp3) is 0.133. The summed E-state index contributed by atoms with van der Waals surface area (Å²) in [4.78, 5) is 12.1. The molecule has 2 aromatic carbocycles. The van der Waals surface area contributed by atoms with Gasteiger partial charge in [-0.05, 0) is 30.2 Å². The second kappa shape index (κ2) is 6.34. The fourth-order valence-corrected chi connectivity index (χ4v) is 2.28. The van der Waals surface area contributed by atoms with Gasteiger partial charge in [0.05, 0.1) is 17.9 Å². The molecule has 0 saturated carbocycles. The van der Waals surface area contributed by atoms with Gasteiger partial charge in [0, 0.05) is 5.82 Å². The molecule has 2 aromatic rings. The Morgan fingerprint density at radius 2 is 1.70 bits per heavy atom. The molecule has 0 aliphatic heterocycles. The van der Waals surface area contributed by atoms with Crippen molar-refractivity contribution >= 4 is 37.0 Å². The molecule has 0 amide bonds. The first kappa shape index (κ1) is 15.0. The van der Waals surface area contributed by atoms with Crippen molar-refractivity contribution in [2.24, 2.45) is 0 Å². The Labute approximate surface area is 129 Å². The summed E-state index contributed by atoms with van der Waals surface area (Å²) in [7, 11) is 5.93. The Hall–Kier alpha value is -1.45. The van der Waals surface area contributed by atoms with Crippen LogP contribution in [0.5, 0.6) is 5.75 Å². The van der Waals surface area contributed by atoms with Gasteiger partial charge in [-0.15, -0.1) is 0 Å². The van der Waals surface area contributed by atoms with E-state index in [4.69, 9.17) is 35.8 Å². The van der Waals surface area contributed by atoms with Crippen molar-refractivity contribution in [2.75, 3.05) is 0 Å². The molecule has 0 aromatic heterocycles. The van der Waals surface area contributed by atoms with Crippen LogP contribution in [-0.4, -0.2) is 13.8 Å². The summed E-state index contributed by atoms with van der Waals surface area (Å²) in [5.74, 6) is -1.36. The van der Waals surface area contributed by atoms with Crippen LogP contribution in [0.3, 0.4) is 0 Å². The first-order valence-electron chi connectivity index (χ1n) is 5.97. The van der Waals surface area contributed by atoms with Crippen molar-refractivity contribution in [1.82, 2.24) is 0 Å². The number of carbonyl (C=O) groups excluding carboxylic acids is 1. The predicted molar refractivity (Wildman–Crippen MR) is 81.8 cm³/mol. The molecular formula is C15H11BCl2O2. The molecule has 0 saturated heterocycles. The van der Waals surface area contributed by atoms with Gasteiger partial charge in [-0.25, -0.2) is 0 Å². The minimum absolute atomic E-state index is 0.130. The smallest absolute Gasteiger partial charge is 0.309 e. The van der Waals surface area contributed by atoms with Crippen molar-refractivity contribution in [1.29, 1.82) is 0 Å². The van der Waals surface area contributed by atoms with E-state index in [1.807, 2.05) is 25.1 Å². The van der Waals surface area contributed by atoms with E-state index in [9.17, 15) is 4.79 Å². The van der Waals surface area contributed by atoms with Crippen LogP contribution in [0.25, 0.3) is 0 Å². The van der Waals surface area contributed by atoms with E-state index in [1.165, 1.54) is 0 Å². The van der Waals surface area contributed by atoms with Crippen molar-refractivity contribution in [2.45, 2.75) is 12.7 Å². The minimum Gasteiger partial charge on any atom is -0.423 e. The number of carbonyl (C=O) groups is 1. The fourth-order valence-electron chi connectivity index (χ4n) is 1.81. The highest BCUT2D eigenvalue weighted by Crippen LogP contribution is 2.33. The predicted octanol–water partition coefficient (Wildman–Crippen LogP) is 4.12. The Morgan fingerprint density at radius 3 is 2.30 bits per heavy atom. The van der Waals surface area contributed by atoms with Crippen LogP contribution < -0.4 is 4.74 Å². The van der Waals surface area contributed by atoms with E-state index in [0.717, 1.165) is 5.56 Å². The average Bonchev–Trinajstić information content (AvgIpc) is 2.42. The Bertz CT molecular complexity index is 623. The van der Waals surface area contributed by atoms with Gasteiger partial charge >= 0.3 is 5.97 Å². The largest absolute Gasteiger partial charge is 0.423 e. The lowest BCUT2D eigenvalue weighted by molar-refractivity contribution is -0.134. The summed E-state index contributed by atoms with van der Waals surface area (Å²) in [5.41, 5.74) is 1.63. The molecule has 20 heavy (non-hydrogen) atoms. The number of benzene rings is 2. The van der Waals surface area contributed by atoms with Crippen LogP contribution in [0.4, 0.5) is 0 Å². The van der Waals surface area contributed by atoms with Crippen LogP contribution >= 0.6 is 23.2 Å². The summed E-state index contributed by atoms with van der Waals surface area (Å²) >= 11 is 11.9. The van der Waals surface area contributed by atoms with Gasteiger partial charge in [-0.2, -0.15) is 0 Å². The second-order valence-corrected chi connectivity index (χ2v) is 5.12. The molecule has 100 valence electrons. The van der Waals surface area contributed by atoms with Gasteiger partial charge in [0.15, 0.2) is 5.75 Å². The zero-order valence-electron chi connectivity index (χ0n) is 10.8. The van der Waals surface area contributed by atoms with Crippen molar-refractivity contribution in [3.05, 3.63) is 63.6 Å². The third-order valence-corrected chi connectivity index (χ3v) is 3.49. The number of para-hydroxylation sites is 1. The SMILES string of the molecule is [B]C(C(=O)Oc1c(Cl)cccc1Cl)c1ccccc1C. The molecule has 0 spiro atoms. The summed E-state index contributed by atoms with van der Waals surface area (Å²) in [6.07, 6.45) is 0. The van der Waals surface area contributed by atoms with E-state index in [1.54, 1.807) is 24.3 Å². The zero-order valence-corrected chi connectivity index (χ0v) is 12.3. The zero-order chi connectivity index (χ0) is 14.7. The second-order valence-electron chi connectivity index (χ2n) is 4.31. The van der Waals surface area contributed by atoms with Crippen molar-refractivity contribution in [3.8, 4) is 5.75 Å². The number of halogens is 2. The molecule has 0 aliphatic rings. The Kier molecular flexibility index (Phi) is 4.74. The van der Waals surface area contributed by atoms with Crippen LogP contribution in [-0.2, 0) is 4.79 Å². The number of hydrogen-bond acceptors (Lipinski definition) is 2. The van der Waals surface area contributed by atoms with Gasteiger partial charge < -0.3 is 4.74 Å². The quantitative estimate of drug-likeness (QED) is 0.484. The van der Waals surface area contributed by atoms with E-state index in [-0.39, 0.29) is 15.8 Å². The molecule has 2 radical (unpaired) electrons. The van der Waals surface area contributed by atoms with Gasteiger partial charge in [0.25, 0.3) is 0 Å². The average molecular weight is 305 g/mol. The number of esters is 1. The van der Waals surface area contributed by atoms with Gasteiger partial charge in [-0.1, -0.05) is 53.5 Å². The van der Waals surface area contributed by atoms with Crippen molar-refractivity contribution in [3.63, 3.8) is 0 Å². The summed E-state index contributed by atoms with van der Waals surface area (Å²) in [6.45, 7) is 1.88. The number of aryl methyl sites for hydroxylation is 1. The lowest BCUT2D eigenvalue weighted by Crippen LogP contribution is -2.20. The summed E-state index contributed by atoms with van der Waals surface area (Å²) in [6, 6.07) is 12.2. The molecule has 0 heterocycles. The maximum absolute atomic E-state index is 12.1. The van der Waals surface area contributed by atoms with Crippen LogP contribution in [0.1, 0.15) is 16.9 Å². The highest BCUT2D eigenvalue weighted by atomic mass is 35.5. The minimum atomic E-state index is -0.886. The first-order chi connectivity index (χ1) is 9.50. The lowest BCUT2D eigenvalue weighted by atomic mass is 9.79. The molecular weight excluding hydrogens is 294 g/mol. The Morgan fingerprint density at radius 1 is 1.10 bits per heavy atom. The molecule has 0 N–H and O–H groups in total. The van der Waals surface area contributed by atoms with Crippen LogP contribution in [0, 0.1) is 6.92 Å². The molecule has 2 rings (SSSR count). The molecule has 1 unspecified atom stereocenters. The molecule has 0 fully saturated rings. The van der Waals surface area contributed by atoms with E-state index in [2.05, 4.69) is 0 Å². The maximum Gasteiger partial charge on any atom is 0.309 e. The summed E-state index contributed by atoms with van der Waals surface area (Å²) in [5, 5.41) is 0.533. The van der Waals surface area contributed by atoms with Crippen LogP contribution in [0.2, 0.25) is 10.0 Å². The highest BCUT2D eigenvalue weighted by Gasteiger charge is 2.20. The van der Waals surface area contributed by atoms with Crippen molar-refractivity contribution < 1.29 is 9.53 Å². The first-order valence-corrected chi connectivity index (χ1v) is 6.73. The monoisotopic (exact) mass is 304 g/mol. The highest BCUT2D eigenvalue weighted by molar-refractivity contribution is 6.37. The maximum atomic E-state index is 12.1. The lowest BCUT2D eigenvalue weighted by Gasteiger charge is -2.15. The van der Waals surface area contributed by atoms with Crippen LogP contribution in [0.15, 0.2) is 42.5 Å². The number of rotatable bonds is 3. The third kappa shape index (κ3) is 3.17. The molecule has 0 aliphatic carbocycles. The summed E-state index contributed by atoms with van der Waals surface area (Å²) < 4.78 is 5.22. The normalized spacial score (nSPS) is 11.9. The van der Waals surface area contributed by atoms with E-state index in [0.29, 0.717) is 5.56 Å². The third-order valence-electron chi connectivity index (χ3n) is 2.90. The molecule has 2 nitrogen and oxygen atoms in total. The molecule has 0 bridgehead atoms. The Balaban J connectivity index is 2.23.